The molecule has 3 aromatic rings. The van der Waals surface area contributed by atoms with Gasteiger partial charge in [-0.05, 0) is 25.5 Å². The monoisotopic (exact) mass is 317 g/mol. The van der Waals surface area contributed by atoms with E-state index >= 15 is 0 Å². The molecule has 0 aliphatic carbocycles. The van der Waals surface area contributed by atoms with E-state index in [1.807, 2.05) is 18.2 Å². The Morgan fingerprint density at radius 3 is 2.54 bits per heavy atom. The zero-order valence-electron chi connectivity index (χ0n) is 14.1. The Balaban J connectivity index is 1.83. The van der Waals surface area contributed by atoms with E-state index in [1.54, 1.807) is 0 Å². The molecular formula is C21H23N3. The van der Waals surface area contributed by atoms with Gasteiger partial charge in [-0.15, -0.1) is 0 Å². The fourth-order valence-electron chi connectivity index (χ4n) is 3.66. The zero-order chi connectivity index (χ0) is 16.4. The van der Waals surface area contributed by atoms with E-state index in [2.05, 4.69) is 48.6 Å². The highest BCUT2D eigenvalue weighted by Crippen LogP contribution is 2.30. The summed E-state index contributed by atoms with van der Waals surface area (Å²) in [6.45, 7) is 3.41. The van der Waals surface area contributed by atoms with Crippen LogP contribution in [0.1, 0.15) is 37.8 Å². The number of aromatic nitrogens is 2. The van der Waals surface area contributed by atoms with Crippen LogP contribution >= 0.6 is 0 Å². The van der Waals surface area contributed by atoms with Gasteiger partial charge in [-0.3, -0.25) is 0 Å². The second kappa shape index (κ2) is 6.70. The summed E-state index contributed by atoms with van der Waals surface area (Å²) in [6.07, 6.45) is 3.81. The summed E-state index contributed by atoms with van der Waals surface area (Å²) in [5.41, 5.74) is 3.27. The summed E-state index contributed by atoms with van der Waals surface area (Å²) < 4.78 is 0. The second-order valence-electron chi connectivity index (χ2n) is 6.66. The third kappa shape index (κ3) is 2.92. The Bertz CT molecular complexity index is 823. The quantitative estimate of drug-likeness (QED) is 0.770. The maximum atomic E-state index is 5.00. The van der Waals surface area contributed by atoms with Crippen LogP contribution in [0.15, 0.2) is 54.6 Å². The Hall–Kier alpha value is -2.26. The molecule has 1 aliphatic rings. The molecule has 0 spiro atoms. The number of nitrogens with zero attached hydrogens (tertiary/aromatic N) is 2. The number of hydrogen-bond acceptors (Lipinski definition) is 3. The van der Waals surface area contributed by atoms with E-state index in [9.17, 15) is 0 Å². The Kier molecular flexibility index (Phi) is 4.26. The average molecular weight is 317 g/mol. The molecule has 3 nitrogen and oxygen atoms in total. The van der Waals surface area contributed by atoms with E-state index in [1.165, 1.54) is 30.3 Å². The van der Waals surface area contributed by atoms with Gasteiger partial charge >= 0.3 is 0 Å². The lowest BCUT2D eigenvalue weighted by Gasteiger charge is -2.29. The van der Waals surface area contributed by atoms with Gasteiger partial charge in [0.1, 0.15) is 0 Å². The third-order valence-electron chi connectivity index (χ3n) is 5.05. The van der Waals surface area contributed by atoms with Crippen LogP contribution in [0.2, 0.25) is 0 Å². The van der Waals surface area contributed by atoms with Gasteiger partial charge in [0.15, 0.2) is 5.82 Å². The Labute approximate surface area is 143 Å². The van der Waals surface area contributed by atoms with Crippen molar-refractivity contribution >= 4 is 10.9 Å². The molecule has 2 aromatic carbocycles. The van der Waals surface area contributed by atoms with Crippen LogP contribution in [0, 0.1) is 0 Å². The van der Waals surface area contributed by atoms with Crippen molar-refractivity contribution in [2.24, 2.45) is 0 Å². The molecule has 1 fully saturated rings. The van der Waals surface area contributed by atoms with Crippen LogP contribution in [0.5, 0.6) is 0 Å². The number of piperidine rings is 1. The summed E-state index contributed by atoms with van der Waals surface area (Å²) in [5.74, 6) is 1.20. The van der Waals surface area contributed by atoms with Crippen LogP contribution in [0.25, 0.3) is 22.3 Å². The maximum Gasteiger partial charge on any atom is 0.160 e. The van der Waals surface area contributed by atoms with Crippen LogP contribution < -0.4 is 5.32 Å². The smallest absolute Gasteiger partial charge is 0.160 e. The molecule has 24 heavy (non-hydrogen) atoms. The van der Waals surface area contributed by atoms with Crippen molar-refractivity contribution < 1.29 is 0 Å². The first-order chi connectivity index (χ1) is 11.8. The number of para-hydroxylation sites is 1. The van der Waals surface area contributed by atoms with Gasteiger partial charge in [0.2, 0.25) is 0 Å². The zero-order valence-corrected chi connectivity index (χ0v) is 14.1. The second-order valence-corrected chi connectivity index (χ2v) is 6.66. The number of fused-ring (bicyclic) bond motifs is 1. The average Bonchev–Trinajstić information content (AvgIpc) is 2.68. The maximum absolute atomic E-state index is 5.00. The van der Waals surface area contributed by atoms with Crippen LogP contribution in [-0.2, 0) is 0 Å². The molecule has 1 N–H and O–H groups in total. The minimum absolute atomic E-state index is 0.376. The van der Waals surface area contributed by atoms with Crippen molar-refractivity contribution in [1.82, 2.24) is 15.3 Å². The molecule has 122 valence electrons. The van der Waals surface area contributed by atoms with Gasteiger partial charge in [-0.2, -0.15) is 0 Å². The lowest BCUT2D eigenvalue weighted by atomic mass is 9.89. The molecule has 2 atom stereocenters. The number of rotatable bonds is 3. The summed E-state index contributed by atoms with van der Waals surface area (Å²) in [5, 5.41) is 4.86. The van der Waals surface area contributed by atoms with Crippen molar-refractivity contribution in [2.75, 3.05) is 6.54 Å². The van der Waals surface area contributed by atoms with Gasteiger partial charge in [-0.1, -0.05) is 61.9 Å². The molecule has 2 unspecified atom stereocenters. The number of nitrogens with one attached hydrogen (secondary N) is 1. The highest BCUT2D eigenvalue weighted by molar-refractivity contribution is 5.83. The summed E-state index contributed by atoms with van der Waals surface area (Å²) in [6, 6.07) is 19.2. The van der Waals surface area contributed by atoms with Crippen LogP contribution in [0.3, 0.4) is 0 Å². The SMILES string of the molecule is CC(c1nc(-c2ccccc2)nc2ccccc12)C1CCCCN1. The lowest BCUT2D eigenvalue weighted by Crippen LogP contribution is -2.38. The molecule has 0 radical (unpaired) electrons. The van der Waals surface area contributed by atoms with E-state index in [-0.39, 0.29) is 0 Å². The fraction of sp³-hybridized carbons (Fsp3) is 0.333. The molecule has 1 aliphatic heterocycles. The minimum Gasteiger partial charge on any atom is -0.313 e. The predicted molar refractivity (Wildman–Crippen MR) is 99.0 cm³/mol. The largest absolute Gasteiger partial charge is 0.313 e. The summed E-state index contributed by atoms with van der Waals surface area (Å²) in [4.78, 5) is 9.80. The summed E-state index contributed by atoms with van der Waals surface area (Å²) >= 11 is 0. The standard InChI is InChI=1S/C21H23N3/c1-15(18-12-7-8-14-22-18)20-17-11-5-6-13-19(17)23-21(24-20)16-9-3-2-4-10-16/h2-6,9-11,13,15,18,22H,7-8,12,14H2,1H3. The topological polar surface area (TPSA) is 37.8 Å². The van der Waals surface area contributed by atoms with Gasteiger partial charge in [-0.25, -0.2) is 9.97 Å². The molecule has 0 bridgehead atoms. The van der Waals surface area contributed by atoms with Crippen molar-refractivity contribution in [3.63, 3.8) is 0 Å². The molecule has 0 saturated carbocycles. The number of hydrogen-bond donors (Lipinski definition) is 1. The molecule has 1 aromatic heterocycles. The Morgan fingerprint density at radius 2 is 1.75 bits per heavy atom. The fourth-order valence-corrected chi connectivity index (χ4v) is 3.66. The number of benzene rings is 2. The third-order valence-corrected chi connectivity index (χ3v) is 5.05. The first-order valence-electron chi connectivity index (χ1n) is 8.88. The van der Waals surface area contributed by atoms with Crippen molar-refractivity contribution in [3.05, 3.63) is 60.3 Å². The van der Waals surface area contributed by atoms with Crippen LogP contribution in [-0.4, -0.2) is 22.6 Å². The normalized spacial score (nSPS) is 19.3. The van der Waals surface area contributed by atoms with Gasteiger partial charge in [0, 0.05) is 22.9 Å². The molecule has 2 heterocycles. The van der Waals surface area contributed by atoms with Gasteiger partial charge < -0.3 is 5.32 Å². The van der Waals surface area contributed by atoms with Crippen molar-refractivity contribution in [2.45, 2.75) is 38.1 Å². The van der Waals surface area contributed by atoms with E-state index in [4.69, 9.17) is 9.97 Å². The highest BCUT2D eigenvalue weighted by atomic mass is 14.9. The summed E-state index contributed by atoms with van der Waals surface area (Å²) in [7, 11) is 0. The molecule has 0 amide bonds. The lowest BCUT2D eigenvalue weighted by molar-refractivity contribution is 0.359. The molecule has 1 saturated heterocycles. The Morgan fingerprint density at radius 1 is 0.958 bits per heavy atom. The highest BCUT2D eigenvalue weighted by Gasteiger charge is 2.24. The van der Waals surface area contributed by atoms with E-state index < -0.39 is 0 Å². The van der Waals surface area contributed by atoms with E-state index in [0.29, 0.717) is 12.0 Å². The van der Waals surface area contributed by atoms with E-state index in [0.717, 1.165) is 23.4 Å². The van der Waals surface area contributed by atoms with Crippen molar-refractivity contribution in [3.8, 4) is 11.4 Å². The first kappa shape index (κ1) is 15.3. The van der Waals surface area contributed by atoms with Gasteiger partial charge in [0.25, 0.3) is 0 Å². The van der Waals surface area contributed by atoms with Crippen molar-refractivity contribution in [1.29, 1.82) is 0 Å². The molecule has 3 heteroatoms. The molecular weight excluding hydrogens is 294 g/mol. The minimum atomic E-state index is 0.376. The molecule has 4 rings (SSSR count). The van der Waals surface area contributed by atoms with Gasteiger partial charge in [0.05, 0.1) is 11.2 Å². The van der Waals surface area contributed by atoms with Crippen LogP contribution in [0.4, 0.5) is 0 Å². The predicted octanol–water partition coefficient (Wildman–Crippen LogP) is 4.54. The first-order valence-corrected chi connectivity index (χ1v) is 8.88.